The molecule has 0 aliphatic rings. The summed E-state index contributed by atoms with van der Waals surface area (Å²) in [4.78, 5) is 0. The second kappa shape index (κ2) is 3.13. The molecule has 0 radical (unpaired) electrons. The summed E-state index contributed by atoms with van der Waals surface area (Å²) in [6.07, 6.45) is 0. The van der Waals surface area contributed by atoms with E-state index in [9.17, 15) is 29.6 Å². The van der Waals surface area contributed by atoms with Gasteiger partial charge in [0.2, 0.25) is 0 Å². The van der Waals surface area contributed by atoms with Crippen LogP contribution in [0.3, 0.4) is 0 Å². The van der Waals surface area contributed by atoms with Crippen LogP contribution in [0, 0.1) is 0 Å². The fourth-order valence-electron chi connectivity index (χ4n) is 0. The van der Waals surface area contributed by atoms with E-state index >= 15 is 0 Å². The predicted molar refractivity (Wildman–Crippen MR) is 40.0 cm³/mol. The Labute approximate surface area is 75.1 Å². The molecule has 1 nitrogen and oxygen atoms in total. The predicted octanol–water partition coefficient (Wildman–Crippen LogP) is 4.02. The molecule has 0 saturated heterocycles. The van der Waals surface area contributed by atoms with E-state index < -0.39 is 13.7 Å². The van der Waals surface area contributed by atoms with Gasteiger partial charge in [0, 0.05) is 0 Å². The molecular formula is C3H8F7OPS. The van der Waals surface area contributed by atoms with E-state index in [0.717, 1.165) is 0 Å². The van der Waals surface area contributed by atoms with Crippen molar-refractivity contribution in [3.63, 3.8) is 0 Å². The Kier molecular flexibility index (Phi) is 3.78. The second-order valence-electron chi connectivity index (χ2n) is 2.42. The monoisotopic (exact) mass is 256 g/mol. The summed E-state index contributed by atoms with van der Waals surface area (Å²) < 4.78 is 75.1. The molecule has 0 aromatic carbocycles. The average molecular weight is 256 g/mol. The first-order chi connectivity index (χ1) is 5.01. The van der Waals surface area contributed by atoms with E-state index in [0.29, 0.717) is 0 Å². The van der Waals surface area contributed by atoms with Crippen molar-refractivity contribution in [3.05, 3.63) is 0 Å². The maximum absolute atomic E-state index is 11.8. The zero-order valence-electron chi connectivity index (χ0n) is 6.50. The van der Waals surface area contributed by atoms with Crippen molar-refractivity contribution in [1.82, 2.24) is 0 Å². The molecule has 0 unspecified atom stereocenters. The molecule has 0 atom stereocenters. The fourth-order valence-corrected chi connectivity index (χ4v) is 0. The molecule has 0 aliphatic heterocycles. The van der Waals surface area contributed by atoms with Crippen molar-refractivity contribution in [2.45, 2.75) is 19.7 Å². The number of rotatable bonds is 1. The molecule has 0 spiro atoms. The van der Waals surface area contributed by atoms with Crippen LogP contribution in [-0.2, 0) is 17.1 Å². The van der Waals surface area contributed by atoms with Gasteiger partial charge in [-0.25, -0.2) is 4.39 Å². The first kappa shape index (κ1) is 15.7. The van der Waals surface area contributed by atoms with Crippen molar-refractivity contribution in [2.24, 2.45) is 0 Å². The van der Waals surface area contributed by atoms with Gasteiger partial charge in [0.1, 0.15) is 12.9 Å². The van der Waals surface area contributed by atoms with Gasteiger partial charge in [0.25, 0.3) is 5.85 Å². The Morgan fingerprint density at radius 3 is 1.08 bits per heavy atom. The van der Waals surface area contributed by atoms with Gasteiger partial charge >= 0.3 is 33.0 Å². The first-order valence-electron chi connectivity index (χ1n) is 2.61. The van der Waals surface area contributed by atoms with Gasteiger partial charge in [-0.1, -0.05) is 0 Å². The van der Waals surface area contributed by atoms with Crippen LogP contribution in [0.4, 0.5) is 29.6 Å². The van der Waals surface area contributed by atoms with Crippen molar-refractivity contribution in [1.29, 1.82) is 0 Å². The zero-order chi connectivity index (χ0) is 11.6. The van der Waals surface area contributed by atoms with Crippen molar-refractivity contribution in [2.75, 3.05) is 0 Å². The summed E-state index contributed by atoms with van der Waals surface area (Å²) in [5.41, 5.74) is 0. The van der Waals surface area contributed by atoms with Crippen LogP contribution in [0.2, 0.25) is 0 Å². The Bertz CT molecular complexity index is 152. The average Bonchev–Trinajstić information content (AvgIpc) is 1.54. The third-order valence-electron chi connectivity index (χ3n) is 0.243. The quantitative estimate of drug-likeness (QED) is 0.391. The molecule has 0 amide bonds. The summed E-state index contributed by atoms with van der Waals surface area (Å²) in [5, 5.41) is 0. The molecule has 86 valence electrons. The van der Waals surface area contributed by atoms with Gasteiger partial charge in [-0.05, 0) is 13.8 Å². The Hall–Kier alpha value is 0.250. The van der Waals surface area contributed by atoms with Crippen LogP contribution in [-0.4, -0.2) is 5.85 Å². The van der Waals surface area contributed by atoms with Crippen LogP contribution in [0.5, 0.6) is 0 Å². The summed E-state index contributed by atoms with van der Waals surface area (Å²) in [5.74, 6) is -1.54. The van der Waals surface area contributed by atoms with Crippen LogP contribution >= 0.6 is 7.81 Å². The molecule has 0 heterocycles. The van der Waals surface area contributed by atoms with Crippen LogP contribution < -0.4 is 0 Å². The zero-order valence-corrected chi connectivity index (χ0v) is 8.40. The van der Waals surface area contributed by atoms with E-state index in [1.165, 1.54) is 13.8 Å². The number of hydrogen-bond donors (Lipinski definition) is 0. The number of halogens is 7. The van der Waals surface area contributed by atoms with Gasteiger partial charge in [0.15, 0.2) is 0 Å². The molecule has 0 aromatic rings. The summed E-state index contributed by atoms with van der Waals surface area (Å²) in [6.45, 7) is 2.61. The molecule has 0 aromatic heterocycles. The number of hydrogen-bond acceptors (Lipinski definition) is 1. The van der Waals surface area contributed by atoms with Crippen molar-refractivity contribution >= 4 is 20.7 Å². The standard InChI is InChI=1S/C3H7FOS.F6P/c1-3(2,4)5-6;1-7(2,3,4,5)6/h6H,1-2H3;/q;-1/p+1. The molecule has 13 heavy (non-hydrogen) atoms. The molecule has 0 fully saturated rings. The van der Waals surface area contributed by atoms with Crippen molar-refractivity contribution in [3.8, 4) is 0 Å². The maximum atomic E-state index is 11.8. The van der Waals surface area contributed by atoms with E-state index in [4.69, 9.17) is 0 Å². The Balaban J connectivity index is 0. The third-order valence-corrected chi connectivity index (χ3v) is 0.728. The first-order valence-corrected chi connectivity index (χ1v) is 5.05. The normalized spacial score (nSPS) is 18.0. The molecule has 0 saturated carbocycles. The van der Waals surface area contributed by atoms with Gasteiger partial charge in [0.05, 0.1) is 0 Å². The topological polar surface area (TPSA) is 9.23 Å². The van der Waals surface area contributed by atoms with Gasteiger partial charge < -0.3 is 0 Å². The third kappa shape index (κ3) is 122. The van der Waals surface area contributed by atoms with Gasteiger partial charge in [-0.15, -0.1) is 4.18 Å². The van der Waals surface area contributed by atoms with Crippen LogP contribution in [0.1, 0.15) is 13.8 Å². The summed E-state index contributed by atoms with van der Waals surface area (Å²) >= 11 is 2.54. The Morgan fingerprint density at radius 1 is 1.00 bits per heavy atom. The van der Waals surface area contributed by atoms with Crippen LogP contribution in [0.15, 0.2) is 0 Å². The second-order valence-corrected chi connectivity index (χ2v) is 4.54. The SMILES string of the molecule is CC(C)(F)O[SH2+].F[P-](F)(F)(F)(F)F. The van der Waals surface area contributed by atoms with Gasteiger partial charge in [-0.3, -0.25) is 0 Å². The number of alkyl halides is 1. The minimum absolute atomic E-state index is 1.31. The van der Waals surface area contributed by atoms with E-state index in [1.807, 2.05) is 0 Å². The fraction of sp³-hybridized carbons (Fsp3) is 1.00. The molecule has 0 rings (SSSR count). The summed E-state index contributed by atoms with van der Waals surface area (Å²) in [7, 11) is -10.7. The Morgan fingerprint density at radius 2 is 1.08 bits per heavy atom. The van der Waals surface area contributed by atoms with E-state index in [1.54, 1.807) is 0 Å². The minimum atomic E-state index is -10.7. The molecule has 0 N–H and O–H groups in total. The summed E-state index contributed by atoms with van der Waals surface area (Å²) in [6, 6.07) is 0. The molecular weight excluding hydrogens is 248 g/mol. The van der Waals surface area contributed by atoms with E-state index in [2.05, 4.69) is 17.1 Å². The molecule has 0 bridgehead atoms. The van der Waals surface area contributed by atoms with Crippen molar-refractivity contribution < 1.29 is 33.8 Å². The molecule has 0 aliphatic carbocycles. The van der Waals surface area contributed by atoms with Crippen LogP contribution in [0.25, 0.3) is 0 Å². The molecule has 10 heteroatoms. The van der Waals surface area contributed by atoms with Gasteiger partial charge in [-0.2, -0.15) is 0 Å². The van der Waals surface area contributed by atoms with E-state index in [-0.39, 0.29) is 0 Å².